The Bertz CT molecular complexity index is 1130. The number of rotatable bonds is 48. The Labute approximate surface area is 388 Å². The van der Waals surface area contributed by atoms with E-state index in [2.05, 4.69) is 50.3 Å². The molecule has 0 rings (SSSR count). The molecule has 0 spiro atoms. The van der Waals surface area contributed by atoms with Crippen molar-refractivity contribution in [3.8, 4) is 0 Å². The van der Waals surface area contributed by atoms with Crippen LogP contribution in [0.25, 0.3) is 0 Å². The van der Waals surface area contributed by atoms with E-state index in [-0.39, 0.29) is 32.2 Å². The Hall–Kier alpha value is -2.49. The fourth-order valence-corrected chi connectivity index (χ4v) is 7.38. The summed E-state index contributed by atoms with van der Waals surface area (Å²) in [6, 6.07) is 0. The number of allylic oxidation sites excluding steroid dienone is 6. The number of hydrogen-bond acceptors (Lipinski definition) is 7. The Balaban J connectivity index is 4.20. The molecule has 0 heterocycles. The minimum atomic E-state index is -1.52. The number of nitrogens with zero attached hydrogens (tertiary/aromatic N) is 1. The number of unbranched alkanes of at least 4 members (excludes halogenated alkanes) is 27. The maximum absolute atomic E-state index is 12.8. The zero-order valence-corrected chi connectivity index (χ0v) is 41.7. The molecule has 0 aromatic carbocycles. The predicted molar refractivity (Wildman–Crippen MR) is 263 cm³/mol. The Kier molecular flexibility index (Phi) is 44.2. The molecule has 2 unspecified atom stereocenters. The van der Waals surface area contributed by atoms with Gasteiger partial charge in [-0.05, 0) is 44.9 Å². The minimum Gasteiger partial charge on any atom is -0.477 e. The van der Waals surface area contributed by atoms with E-state index in [4.69, 9.17) is 18.9 Å². The van der Waals surface area contributed by atoms with Gasteiger partial charge in [-0.15, -0.1) is 0 Å². The number of ether oxygens (including phenoxy) is 4. The Morgan fingerprint density at radius 2 is 0.905 bits per heavy atom. The van der Waals surface area contributed by atoms with Crippen LogP contribution in [-0.4, -0.2) is 87.4 Å². The summed E-state index contributed by atoms with van der Waals surface area (Å²) in [5.74, 6) is -2.04. The first-order chi connectivity index (χ1) is 30.6. The normalized spacial score (nSPS) is 13.1. The average molecular weight is 891 g/mol. The van der Waals surface area contributed by atoms with Gasteiger partial charge in [0.25, 0.3) is 6.29 Å². The first kappa shape index (κ1) is 60.5. The van der Waals surface area contributed by atoms with E-state index in [1.54, 1.807) is 0 Å². The molecule has 2 atom stereocenters. The third-order valence-corrected chi connectivity index (χ3v) is 11.4. The molecule has 0 fully saturated rings. The van der Waals surface area contributed by atoms with Gasteiger partial charge in [-0.1, -0.05) is 211 Å². The molecule has 0 saturated heterocycles. The molecule has 63 heavy (non-hydrogen) atoms. The minimum absolute atomic E-state index is 0.183. The van der Waals surface area contributed by atoms with Crippen LogP contribution in [0, 0.1) is 0 Å². The monoisotopic (exact) mass is 891 g/mol. The second-order valence-electron chi connectivity index (χ2n) is 18.8. The number of likely N-dealkylation sites (N-methyl/N-ethyl adjacent to an activating group) is 1. The van der Waals surface area contributed by atoms with Crippen LogP contribution < -0.4 is 0 Å². The van der Waals surface area contributed by atoms with Crippen LogP contribution in [0.4, 0.5) is 0 Å². The number of esters is 2. The van der Waals surface area contributed by atoms with Crippen molar-refractivity contribution in [2.45, 2.75) is 245 Å². The van der Waals surface area contributed by atoms with Crippen LogP contribution >= 0.6 is 0 Å². The molecule has 0 aliphatic heterocycles. The highest BCUT2D eigenvalue weighted by molar-refractivity contribution is 5.71. The molecule has 1 N–H and O–H groups in total. The van der Waals surface area contributed by atoms with Crippen molar-refractivity contribution < 1.29 is 42.9 Å². The number of carbonyl (C=O) groups excluding carboxylic acids is 2. The van der Waals surface area contributed by atoms with Gasteiger partial charge in [-0.25, -0.2) is 4.79 Å². The van der Waals surface area contributed by atoms with E-state index in [1.807, 2.05) is 21.1 Å². The lowest BCUT2D eigenvalue weighted by atomic mass is 10.0. The lowest BCUT2D eigenvalue weighted by molar-refractivity contribution is -0.870. The van der Waals surface area contributed by atoms with Crippen LogP contribution in [0.3, 0.4) is 0 Å². The second-order valence-corrected chi connectivity index (χ2v) is 18.8. The van der Waals surface area contributed by atoms with Crippen molar-refractivity contribution in [2.24, 2.45) is 0 Å². The quantitative estimate of drug-likeness (QED) is 0.0212. The van der Waals surface area contributed by atoms with E-state index in [0.29, 0.717) is 23.9 Å². The van der Waals surface area contributed by atoms with Crippen molar-refractivity contribution in [2.75, 3.05) is 47.5 Å². The third-order valence-electron chi connectivity index (χ3n) is 11.4. The van der Waals surface area contributed by atoms with Crippen molar-refractivity contribution in [3.63, 3.8) is 0 Å². The van der Waals surface area contributed by atoms with Gasteiger partial charge in [-0.2, -0.15) is 0 Å². The molecule has 0 bridgehead atoms. The molecule has 9 nitrogen and oxygen atoms in total. The van der Waals surface area contributed by atoms with Crippen LogP contribution in [0.1, 0.15) is 232 Å². The third kappa shape index (κ3) is 47.3. The first-order valence-electron chi connectivity index (χ1n) is 26.2. The van der Waals surface area contributed by atoms with Crippen LogP contribution in [-0.2, 0) is 33.3 Å². The van der Waals surface area contributed by atoms with Gasteiger partial charge >= 0.3 is 17.9 Å². The van der Waals surface area contributed by atoms with E-state index < -0.39 is 24.3 Å². The van der Waals surface area contributed by atoms with Gasteiger partial charge in [0.1, 0.15) is 13.2 Å². The second kappa shape index (κ2) is 46.1. The summed E-state index contributed by atoms with van der Waals surface area (Å²) < 4.78 is 22.8. The number of hydrogen-bond donors (Lipinski definition) is 1. The van der Waals surface area contributed by atoms with Crippen LogP contribution in [0.15, 0.2) is 36.5 Å². The largest absolute Gasteiger partial charge is 0.477 e. The fourth-order valence-electron chi connectivity index (χ4n) is 7.38. The van der Waals surface area contributed by atoms with Gasteiger partial charge in [0, 0.05) is 12.8 Å². The first-order valence-corrected chi connectivity index (χ1v) is 26.2. The van der Waals surface area contributed by atoms with Gasteiger partial charge in [0.05, 0.1) is 34.4 Å². The standard InChI is InChI=1S/C54H99NO8/c1-6-8-10-12-14-16-18-20-21-22-23-24-25-26-27-28-29-30-31-33-34-36-38-40-42-44-51(56)61-48-50(49-62-54(53(58)59)60-47-46-55(3,4)5)63-52(57)45-43-41-39-37-35-32-19-17-15-13-11-9-7-2/h9,11,15,17,32,35,50,54H,6-8,10,12-14,16,18-31,33-34,36-49H2,1-5H3/p+1/b11-9-,17-15-,35-32-. The zero-order valence-electron chi connectivity index (χ0n) is 41.7. The van der Waals surface area contributed by atoms with Crippen molar-refractivity contribution in [1.82, 2.24) is 0 Å². The number of quaternary nitrogens is 1. The van der Waals surface area contributed by atoms with Crippen LogP contribution in [0.2, 0.25) is 0 Å². The molecule has 0 aliphatic rings. The van der Waals surface area contributed by atoms with E-state index in [1.165, 1.54) is 141 Å². The predicted octanol–water partition coefficient (Wildman–Crippen LogP) is 14.6. The zero-order chi connectivity index (χ0) is 46.3. The number of carbonyl (C=O) groups is 3. The maximum atomic E-state index is 12.8. The van der Waals surface area contributed by atoms with E-state index >= 15 is 0 Å². The molecule has 0 aliphatic carbocycles. The molecule has 368 valence electrons. The summed E-state index contributed by atoms with van der Waals surface area (Å²) in [7, 11) is 5.95. The highest BCUT2D eigenvalue weighted by Crippen LogP contribution is 2.17. The molecule has 0 aromatic heterocycles. The number of carboxylic acids is 1. The SMILES string of the molecule is CC/C=C\C/C=C\C/C=C\CCCCCC(=O)OC(COC(=O)CCCCCCCCCCCCCCCCCCCCCCCCCCC)COC(OCC[N+](C)(C)C)C(=O)O. The molecular weight excluding hydrogens is 791 g/mol. The molecular formula is C54H100NO8+. The van der Waals surface area contributed by atoms with Gasteiger partial charge in [-0.3, -0.25) is 9.59 Å². The van der Waals surface area contributed by atoms with Gasteiger partial charge in [0.2, 0.25) is 0 Å². The van der Waals surface area contributed by atoms with E-state index in [9.17, 15) is 19.5 Å². The topological polar surface area (TPSA) is 108 Å². The maximum Gasteiger partial charge on any atom is 0.361 e. The molecule has 0 saturated carbocycles. The summed E-state index contributed by atoms with van der Waals surface area (Å²) in [6.45, 7) is 4.75. The fraction of sp³-hybridized carbons (Fsp3) is 0.833. The summed E-state index contributed by atoms with van der Waals surface area (Å²) in [5.41, 5.74) is 0. The number of carboxylic acid groups (broad SMARTS) is 1. The Morgan fingerprint density at radius 3 is 1.35 bits per heavy atom. The smallest absolute Gasteiger partial charge is 0.361 e. The molecule has 9 heteroatoms. The molecule has 0 amide bonds. The Morgan fingerprint density at radius 1 is 0.492 bits per heavy atom. The summed E-state index contributed by atoms with van der Waals surface area (Å²) in [5, 5.41) is 9.65. The summed E-state index contributed by atoms with van der Waals surface area (Å²) in [6.07, 6.45) is 50.9. The van der Waals surface area contributed by atoms with Crippen molar-refractivity contribution in [1.29, 1.82) is 0 Å². The van der Waals surface area contributed by atoms with Gasteiger partial charge < -0.3 is 28.5 Å². The van der Waals surface area contributed by atoms with Gasteiger partial charge in [0.15, 0.2) is 6.10 Å². The van der Waals surface area contributed by atoms with Crippen LogP contribution in [0.5, 0.6) is 0 Å². The van der Waals surface area contributed by atoms with Crippen molar-refractivity contribution >= 4 is 17.9 Å². The number of aliphatic carboxylic acids is 1. The highest BCUT2D eigenvalue weighted by atomic mass is 16.7. The molecule has 0 radical (unpaired) electrons. The summed E-state index contributed by atoms with van der Waals surface area (Å²) in [4.78, 5) is 37.2. The lowest BCUT2D eigenvalue weighted by Crippen LogP contribution is -2.40. The van der Waals surface area contributed by atoms with Crippen molar-refractivity contribution in [3.05, 3.63) is 36.5 Å². The highest BCUT2D eigenvalue weighted by Gasteiger charge is 2.25. The van der Waals surface area contributed by atoms with E-state index in [0.717, 1.165) is 57.8 Å². The summed E-state index contributed by atoms with van der Waals surface area (Å²) >= 11 is 0. The lowest BCUT2D eigenvalue weighted by Gasteiger charge is -2.25. The average Bonchev–Trinajstić information content (AvgIpc) is 3.24. The molecule has 0 aromatic rings.